The van der Waals surface area contributed by atoms with E-state index in [-0.39, 0.29) is 23.4 Å². The zero-order valence-electron chi connectivity index (χ0n) is 17.3. The van der Waals surface area contributed by atoms with Gasteiger partial charge >= 0.3 is 7.12 Å². The Morgan fingerprint density at radius 3 is 2.17 bits per heavy atom. The molecule has 0 bridgehead atoms. The van der Waals surface area contributed by atoms with Crippen LogP contribution in [0.5, 0.6) is 0 Å². The maximum Gasteiger partial charge on any atom is 0.490 e. The summed E-state index contributed by atoms with van der Waals surface area (Å²) in [6.45, 7) is 20.1. The third-order valence-corrected chi connectivity index (χ3v) is 11.0. The fourth-order valence-electron chi connectivity index (χ4n) is 2.96. The van der Waals surface area contributed by atoms with E-state index in [1.165, 1.54) is 11.9 Å². The standard InChI is InChI=1S/C19H37BO3Si/c1-17(2,3)24(8,9)21-16-13-11-10-12-15(14-16)20-22-18(4,5)19(6,7)23-20/h12,16H,10-11,13-14H2,1-9H3. The van der Waals surface area contributed by atoms with E-state index in [9.17, 15) is 0 Å². The SMILES string of the molecule is CC1(C)OB(C2=CCCCC(O[Si](C)(C)C(C)(C)C)C2)OC1(C)C. The highest BCUT2D eigenvalue weighted by molar-refractivity contribution is 6.74. The van der Waals surface area contributed by atoms with Crippen molar-refractivity contribution in [3.8, 4) is 0 Å². The van der Waals surface area contributed by atoms with Crippen molar-refractivity contribution in [2.75, 3.05) is 0 Å². The predicted octanol–water partition coefficient (Wildman–Crippen LogP) is 5.51. The van der Waals surface area contributed by atoms with E-state index in [1.807, 2.05) is 0 Å². The first-order valence-corrected chi connectivity index (χ1v) is 12.4. The quantitative estimate of drug-likeness (QED) is 0.627. The lowest BCUT2D eigenvalue weighted by Crippen LogP contribution is -2.44. The average molecular weight is 352 g/mol. The van der Waals surface area contributed by atoms with Gasteiger partial charge < -0.3 is 13.7 Å². The third kappa shape index (κ3) is 4.17. The second-order valence-electron chi connectivity index (χ2n) is 10.0. The lowest BCUT2D eigenvalue weighted by molar-refractivity contribution is 0.00578. The Balaban J connectivity index is 2.10. The molecule has 0 radical (unpaired) electrons. The Morgan fingerprint density at radius 2 is 1.67 bits per heavy atom. The maximum atomic E-state index is 6.70. The van der Waals surface area contributed by atoms with Crippen LogP contribution in [0.1, 0.15) is 74.1 Å². The van der Waals surface area contributed by atoms with Gasteiger partial charge in [-0.05, 0) is 77.0 Å². The summed E-state index contributed by atoms with van der Waals surface area (Å²) < 4.78 is 19.2. The molecule has 0 spiro atoms. The van der Waals surface area contributed by atoms with Crippen molar-refractivity contribution in [1.82, 2.24) is 0 Å². The summed E-state index contributed by atoms with van der Waals surface area (Å²) in [6, 6.07) is 0. The molecule has 3 nitrogen and oxygen atoms in total. The molecule has 1 aliphatic heterocycles. The fraction of sp³-hybridized carbons (Fsp3) is 0.895. The molecule has 2 rings (SSSR count). The van der Waals surface area contributed by atoms with Crippen LogP contribution in [0, 0.1) is 0 Å². The molecule has 5 heteroatoms. The fourth-order valence-corrected chi connectivity index (χ4v) is 4.35. The molecule has 138 valence electrons. The van der Waals surface area contributed by atoms with Gasteiger partial charge in [0.15, 0.2) is 8.32 Å². The van der Waals surface area contributed by atoms with Crippen LogP contribution in [0.15, 0.2) is 11.5 Å². The first kappa shape index (κ1) is 20.2. The number of hydrogen-bond donors (Lipinski definition) is 0. The lowest BCUT2D eigenvalue weighted by atomic mass is 9.75. The predicted molar refractivity (Wildman–Crippen MR) is 105 cm³/mol. The van der Waals surface area contributed by atoms with Crippen molar-refractivity contribution in [2.45, 2.75) is 110 Å². The van der Waals surface area contributed by atoms with Crippen LogP contribution in [0.25, 0.3) is 0 Å². The molecular weight excluding hydrogens is 315 g/mol. The number of rotatable bonds is 3. The van der Waals surface area contributed by atoms with E-state index in [0.717, 1.165) is 19.3 Å². The Bertz CT molecular complexity index is 475. The average Bonchev–Trinajstić information content (AvgIpc) is 2.54. The maximum absolute atomic E-state index is 6.70. The normalized spacial score (nSPS) is 27.8. The zero-order valence-corrected chi connectivity index (χ0v) is 18.3. The van der Waals surface area contributed by atoms with Crippen molar-refractivity contribution >= 4 is 15.4 Å². The molecule has 1 saturated heterocycles. The van der Waals surface area contributed by atoms with Crippen LogP contribution in [0.4, 0.5) is 0 Å². The Labute approximate surface area is 150 Å². The number of hydrogen-bond acceptors (Lipinski definition) is 3. The molecule has 1 heterocycles. The summed E-state index contributed by atoms with van der Waals surface area (Å²) in [5, 5.41) is 0.244. The minimum atomic E-state index is -1.75. The molecule has 0 aromatic carbocycles. The highest BCUT2D eigenvalue weighted by Gasteiger charge is 2.52. The summed E-state index contributed by atoms with van der Waals surface area (Å²) >= 11 is 0. The van der Waals surface area contributed by atoms with Gasteiger partial charge in [-0.25, -0.2) is 0 Å². The largest absolute Gasteiger partial charge is 0.490 e. The smallest absolute Gasteiger partial charge is 0.414 e. The van der Waals surface area contributed by atoms with E-state index < -0.39 is 8.32 Å². The first-order valence-electron chi connectivity index (χ1n) is 9.48. The minimum absolute atomic E-state index is 0.224. The topological polar surface area (TPSA) is 27.7 Å². The van der Waals surface area contributed by atoms with E-state index in [2.05, 4.69) is 67.6 Å². The van der Waals surface area contributed by atoms with Crippen molar-refractivity contribution in [3.05, 3.63) is 11.5 Å². The van der Waals surface area contributed by atoms with Crippen molar-refractivity contribution in [2.24, 2.45) is 0 Å². The van der Waals surface area contributed by atoms with Gasteiger partial charge in [-0.2, -0.15) is 0 Å². The van der Waals surface area contributed by atoms with E-state index >= 15 is 0 Å². The Kier molecular flexibility index (Phi) is 5.53. The summed E-state index contributed by atoms with van der Waals surface area (Å²) in [7, 11) is -1.97. The molecule has 1 fully saturated rings. The van der Waals surface area contributed by atoms with Gasteiger partial charge in [0.1, 0.15) is 0 Å². The van der Waals surface area contributed by atoms with Crippen LogP contribution in [0.3, 0.4) is 0 Å². The molecule has 0 aromatic heterocycles. The molecule has 0 N–H and O–H groups in total. The highest BCUT2D eigenvalue weighted by atomic mass is 28.4. The highest BCUT2D eigenvalue weighted by Crippen LogP contribution is 2.42. The van der Waals surface area contributed by atoms with E-state index in [1.54, 1.807) is 0 Å². The zero-order chi connectivity index (χ0) is 18.4. The molecule has 1 unspecified atom stereocenters. The van der Waals surface area contributed by atoms with Crippen LogP contribution >= 0.6 is 0 Å². The van der Waals surface area contributed by atoms with Gasteiger partial charge in [0.25, 0.3) is 0 Å². The third-order valence-electron chi connectivity index (χ3n) is 6.42. The lowest BCUT2D eigenvalue weighted by Gasteiger charge is -2.39. The molecule has 0 saturated carbocycles. The molecule has 1 atom stereocenters. The van der Waals surface area contributed by atoms with Crippen LogP contribution in [-0.4, -0.2) is 32.7 Å². The van der Waals surface area contributed by atoms with Gasteiger partial charge in [-0.15, -0.1) is 0 Å². The van der Waals surface area contributed by atoms with Crippen LogP contribution in [0.2, 0.25) is 18.1 Å². The summed E-state index contributed by atoms with van der Waals surface area (Å²) in [6.07, 6.45) is 6.96. The van der Waals surface area contributed by atoms with E-state index in [0.29, 0.717) is 6.10 Å². The summed E-state index contributed by atoms with van der Waals surface area (Å²) in [5.41, 5.74) is 0.719. The van der Waals surface area contributed by atoms with Gasteiger partial charge in [-0.1, -0.05) is 26.8 Å². The second kappa shape index (κ2) is 6.57. The summed E-state index contributed by atoms with van der Waals surface area (Å²) in [5.74, 6) is 0. The molecule has 0 aromatic rings. The number of allylic oxidation sites excluding steroid dienone is 1. The van der Waals surface area contributed by atoms with Gasteiger partial charge in [-0.3, -0.25) is 0 Å². The minimum Gasteiger partial charge on any atom is -0.414 e. The first-order chi connectivity index (χ1) is 10.8. The Hall–Kier alpha value is -0.0982. The molecule has 2 aliphatic rings. The monoisotopic (exact) mass is 352 g/mol. The van der Waals surface area contributed by atoms with Gasteiger partial charge in [0.05, 0.1) is 11.2 Å². The van der Waals surface area contributed by atoms with Crippen molar-refractivity contribution in [1.29, 1.82) is 0 Å². The van der Waals surface area contributed by atoms with Gasteiger partial charge in [0.2, 0.25) is 0 Å². The molecule has 0 amide bonds. The van der Waals surface area contributed by atoms with Crippen molar-refractivity contribution in [3.63, 3.8) is 0 Å². The second-order valence-corrected chi connectivity index (χ2v) is 14.8. The Morgan fingerprint density at radius 1 is 1.12 bits per heavy atom. The van der Waals surface area contributed by atoms with Crippen LogP contribution in [-0.2, 0) is 13.7 Å². The summed E-state index contributed by atoms with van der Waals surface area (Å²) in [4.78, 5) is 0. The molecule has 1 aliphatic carbocycles. The van der Waals surface area contributed by atoms with Gasteiger partial charge in [0, 0.05) is 6.10 Å². The van der Waals surface area contributed by atoms with Crippen LogP contribution < -0.4 is 0 Å². The molecule has 24 heavy (non-hydrogen) atoms. The molecular formula is C19H37BO3Si. The van der Waals surface area contributed by atoms with E-state index in [4.69, 9.17) is 13.7 Å². The van der Waals surface area contributed by atoms with Crippen molar-refractivity contribution < 1.29 is 13.7 Å².